The van der Waals surface area contributed by atoms with Crippen molar-refractivity contribution in [3.05, 3.63) is 35.8 Å². The molecule has 25 heavy (non-hydrogen) atoms. The third-order valence-corrected chi connectivity index (χ3v) is 5.83. The number of benzene rings is 1. The maximum Gasteiger partial charge on any atom is 0.412 e. The minimum absolute atomic E-state index is 0. The van der Waals surface area contributed by atoms with E-state index in [2.05, 4.69) is 15.2 Å². The van der Waals surface area contributed by atoms with Crippen molar-refractivity contribution in [3.8, 4) is 10.4 Å². The molecule has 0 spiro atoms. The molecule has 1 amide bonds. The van der Waals surface area contributed by atoms with Gasteiger partial charge in [0.2, 0.25) is 0 Å². The van der Waals surface area contributed by atoms with Crippen molar-refractivity contribution in [1.82, 2.24) is 9.88 Å². The molecular weight excluding hydrogens is 358 g/mol. The second-order valence-corrected chi connectivity index (χ2v) is 7.40. The molecule has 3 atom stereocenters. The normalized spacial score (nSPS) is 24.4. The first-order valence-corrected chi connectivity index (χ1v) is 9.32. The molecular formula is C18H22ClN3O2S. The molecule has 2 bridgehead atoms. The van der Waals surface area contributed by atoms with E-state index >= 15 is 0 Å². The standard InChI is InChI=1S/C18H21N3O2S.ClH/c22-18(23-11-15-10-21-8-4-7-14(15)9-21)20-17-16(24-12-19-17)13-5-2-1-3-6-13;/h1-3,5-6,12,14-15H,4,7-11H2,(H,20,22);1H. The molecule has 2 aromatic rings. The minimum atomic E-state index is -0.408. The zero-order valence-electron chi connectivity index (χ0n) is 13.9. The summed E-state index contributed by atoms with van der Waals surface area (Å²) in [6.45, 7) is 3.92. The van der Waals surface area contributed by atoms with Crippen LogP contribution < -0.4 is 5.32 Å². The van der Waals surface area contributed by atoms with Crippen LogP contribution in [0.25, 0.3) is 10.4 Å². The monoisotopic (exact) mass is 379 g/mol. The number of piperidine rings is 1. The number of thiazole rings is 1. The van der Waals surface area contributed by atoms with Gasteiger partial charge < -0.3 is 9.64 Å². The van der Waals surface area contributed by atoms with Gasteiger partial charge in [0.1, 0.15) is 0 Å². The average molecular weight is 380 g/mol. The van der Waals surface area contributed by atoms with Crippen molar-refractivity contribution in [3.63, 3.8) is 0 Å². The maximum absolute atomic E-state index is 12.2. The van der Waals surface area contributed by atoms with Gasteiger partial charge >= 0.3 is 6.09 Å². The number of nitrogens with zero attached hydrogens (tertiary/aromatic N) is 2. The van der Waals surface area contributed by atoms with Crippen molar-refractivity contribution in [2.24, 2.45) is 11.8 Å². The summed E-state index contributed by atoms with van der Waals surface area (Å²) in [6.07, 6.45) is 2.12. The van der Waals surface area contributed by atoms with Crippen molar-refractivity contribution in [2.45, 2.75) is 12.8 Å². The summed E-state index contributed by atoms with van der Waals surface area (Å²) in [6, 6.07) is 9.95. The van der Waals surface area contributed by atoms with Crippen LogP contribution >= 0.6 is 23.7 Å². The predicted molar refractivity (Wildman–Crippen MR) is 102 cm³/mol. The summed E-state index contributed by atoms with van der Waals surface area (Å²) in [4.78, 5) is 19.9. The highest BCUT2D eigenvalue weighted by atomic mass is 35.5. The first kappa shape index (κ1) is 18.2. The Balaban J connectivity index is 0.00000182. The lowest BCUT2D eigenvalue weighted by molar-refractivity contribution is 0.133. The molecule has 1 aromatic carbocycles. The van der Waals surface area contributed by atoms with Crippen molar-refractivity contribution >= 4 is 35.7 Å². The van der Waals surface area contributed by atoms with E-state index in [9.17, 15) is 4.79 Å². The molecule has 7 heteroatoms. The fourth-order valence-corrected chi connectivity index (χ4v) is 4.51. The van der Waals surface area contributed by atoms with Gasteiger partial charge in [-0.15, -0.1) is 23.7 Å². The Bertz CT molecular complexity index is 709. The van der Waals surface area contributed by atoms with E-state index in [0.717, 1.165) is 17.0 Å². The molecule has 3 unspecified atom stereocenters. The lowest BCUT2D eigenvalue weighted by Crippen LogP contribution is -2.25. The van der Waals surface area contributed by atoms with Crippen LogP contribution in [0, 0.1) is 11.8 Å². The van der Waals surface area contributed by atoms with Gasteiger partial charge in [-0.1, -0.05) is 30.3 Å². The molecule has 5 nitrogen and oxygen atoms in total. The third kappa shape index (κ3) is 4.14. The molecule has 1 N–H and O–H groups in total. The molecule has 2 aliphatic rings. The average Bonchev–Trinajstić information content (AvgIpc) is 3.18. The number of hydrogen-bond donors (Lipinski definition) is 1. The van der Waals surface area contributed by atoms with E-state index in [1.807, 2.05) is 30.3 Å². The first-order chi connectivity index (χ1) is 11.8. The largest absolute Gasteiger partial charge is 0.449 e. The molecule has 2 saturated heterocycles. The summed E-state index contributed by atoms with van der Waals surface area (Å²) in [5, 5.41) is 2.80. The van der Waals surface area contributed by atoms with Crippen LogP contribution in [-0.2, 0) is 4.74 Å². The number of ether oxygens (including phenoxy) is 1. The Morgan fingerprint density at radius 1 is 1.32 bits per heavy atom. The number of fused-ring (bicyclic) bond motifs is 2. The molecule has 2 aliphatic heterocycles. The highest BCUT2D eigenvalue weighted by Gasteiger charge is 2.36. The van der Waals surface area contributed by atoms with E-state index in [4.69, 9.17) is 4.74 Å². The van der Waals surface area contributed by atoms with Crippen LogP contribution in [0.3, 0.4) is 0 Å². The van der Waals surface area contributed by atoms with Gasteiger partial charge in [-0.05, 0) is 30.9 Å². The molecule has 0 aliphatic carbocycles. The number of hydrogen-bond acceptors (Lipinski definition) is 5. The first-order valence-electron chi connectivity index (χ1n) is 8.44. The van der Waals surface area contributed by atoms with Crippen LogP contribution in [-0.4, -0.2) is 42.2 Å². The van der Waals surface area contributed by atoms with Gasteiger partial charge in [-0.3, -0.25) is 5.32 Å². The predicted octanol–water partition coefficient (Wildman–Crippen LogP) is 4.12. The number of carbonyl (C=O) groups excluding carboxylic acids is 1. The van der Waals surface area contributed by atoms with Crippen molar-refractivity contribution in [1.29, 1.82) is 0 Å². The summed E-state index contributed by atoms with van der Waals surface area (Å²) in [5.41, 5.74) is 2.79. The lowest BCUT2D eigenvalue weighted by Gasteiger charge is -2.21. The third-order valence-electron chi connectivity index (χ3n) is 4.95. The van der Waals surface area contributed by atoms with Crippen LogP contribution in [0.1, 0.15) is 12.8 Å². The van der Waals surface area contributed by atoms with Crippen LogP contribution in [0.4, 0.5) is 10.6 Å². The second kappa shape index (κ2) is 8.17. The maximum atomic E-state index is 12.2. The van der Waals surface area contributed by atoms with Crippen LogP contribution in [0.5, 0.6) is 0 Å². The zero-order chi connectivity index (χ0) is 16.4. The van der Waals surface area contributed by atoms with Gasteiger partial charge in [0.25, 0.3) is 0 Å². The van der Waals surface area contributed by atoms with E-state index < -0.39 is 6.09 Å². The SMILES string of the molecule is Cl.O=C(Nc1ncsc1-c1ccccc1)OCC1CN2CCCC1C2. The lowest BCUT2D eigenvalue weighted by atomic mass is 9.92. The second-order valence-electron chi connectivity index (χ2n) is 6.54. The number of rotatable bonds is 4. The highest BCUT2D eigenvalue weighted by Crippen LogP contribution is 2.33. The Hall–Kier alpha value is -1.63. The van der Waals surface area contributed by atoms with E-state index in [-0.39, 0.29) is 12.4 Å². The van der Waals surface area contributed by atoms with E-state index in [0.29, 0.717) is 24.3 Å². The van der Waals surface area contributed by atoms with Gasteiger partial charge in [-0.2, -0.15) is 0 Å². The van der Waals surface area contributed by atoms with Gasteiger partial charge in [0, 0.05) is 19.0 Å². The fourth-order valence-electron chi connectivity index (χ4n) is 3.76. The molecule has 134 valence electrons. The number of carbonyl (C=O) groups is 1. The summed E-state index contributed by atoms with van der Waals surface area (Å²) in [5.74, 6) is 1.73. The van der Waals surface area contributed by atoms with Crippen molar-refractivity contribution < 1.29 is 9.53 Å². The Kier molecular flexibility index (Phi) is 5.93. The quantitative estimate of drug-likeness (QED) is 0.868. The van der Waals surface area contributed by atoms with Gasteiger partial charge in [-0.25, -0.2) is 9.78 Å². The minimum Gasteiger partial charge on any atom is -0.449 e. The smallest absolute Gasteiger partial charge is 0.412 e. The topological polar surface area (TPSA) is 54.5 Å². The summed E-state index contributed by atoms with van der Waals surface area (Å²) in [7, 11) is 0. The molecule has 1 aromatic heterocycles. The molecule has 4 rings (SSSR count). The summed E-state index contributed by atoms with van der Waals surface area (Å²) < 4.78 is 5.49. The Labute approximate surface area is 157 Å². The van der Waals surface area contributed by atoms with Crippen LogP contribution in [0.2, 0.25) is 0 Å². The highest BCUT2D eigenvalue weighted by molar-refractivity contribution is 7.13. The van der Waals surface area contributed by atoms with E-state index in [1.54, 1.807) is 5.51 Å². The van der Waals surface area contributed by atoms with Gasteiger partial charge in [0.05, 0.1) is 17.0 Å². The number of amides is 1. The Morgan fingerprint density at radius 3 is 2.96 bits per heavy atom. The summed E-state index contributed by atoms with van der Waals surface area (Å²) >= 11 is 1.51. The number of aromatic nitrogens is 1. The van der Waals surface area contributed by atoms with Crippen molar-refractivity contribution in [2.75, 3.05) is 31.6 Å². The molecule has 3 heterocycles. The fraction of sp³-hybridized carbons (Fsp3) is 0.444. The molecule has 0 radical (unpaired) electrons. The molecule has 2 fully saturated rings. The van der Waals surface area contributed by atoms with Crippen LogP contribution in [0.15, 0.2) is 35.8 Å². The Morgan fingerprint density at radius 2 is 2.16 bits per heavy atom. The zero-order valence-corrected chi connectivity index (χ0v) is 15.5. The number of anilines is 1. The number of halogens is 1. The van der Waals surface area contributed by atoms with Gasteiger partial charge in [0.15, 0.2) is 5.82 Å². The number of nitrogens with one attached hydrogen (secondary N) is 1. The molecule has 0 saturated carbocycles. The van der Waals surface area contributed by atoms with E-state index in [1.165, 1.54) is 37.3 Å².